The normalized spacial score (nSPS) is 18.9. The number of fused-ring (bicyclic) bond motifs is 1. The molecule has 2 aliphatic heterocycles. The fourth-order valence-electron chi connectivity index (χ4n) is 3.64. The van der Waals surface area contributed by atoms with Gasteiger partial charge in [-0.2, -0.15) is 0 Å². The number of aryl methyl sites for hydroxylation is 2. The van der Waals surface area contributed by atoms with Gasteiger partial charge < -0.3 is 15.2 Å². The number of cyclic esters (lactones) is 1. The molecule has 25 heavy (non-hydrogen) atoms. The number of amides is 1. The molecular formula is C20H22N2O3. The van der Waals surface area contributed by atoms with Crippen LogP contribution in [0.2, 0.25) is 0 Å². The highest BCUT2D eigenvalue weighted by atomic mass is 16.6. The van der Waals surface area contributed by atoms with Gasteiger partial charge in [-0.3, -0.25) is 4.90 Å². The lowest BCUT2D eigenvalue weighted by Crippen LogP contribution is -2.24. The molecule has 0 spiro atoms. The smallest absolute Gasteiger partial charge is 0.414 e. The van der Waals surface area contributed by atoms with E-state index in [9.17, 15) is 4.79 Å². The second kappa shape index (κ2) is 6.08. The average molecular weight is 338 g/mol. The minimum Gasteiger partial charge on any atom is -0.488 e. The van der Waals surface area contributed by atoms with E-state index in [2.05, 4.69) is 32.0 Å². The van der Waals surface area contributed by atoms with Gasteiger partial charge in [-0.15, -0.1) is 0 Å². The maximum atomic E-state index is 12.1. The number of ether oxygens (including phenoxy) is 2. The molecule has 130 valence electrons. The first-order valence-electron chi connectivity index (χ1n) is 8.62. The summed E-state index contributed by atoms with van der Waals surface area (Å²) in [5, 5.41) is 0. The molecule has 1 saturated heterocycles. The van der Waals surface area contributed by atoms with Gasteiger partial charge in [-0.25, -0.2) is 4.79 Å². The van der Waals surface area contributed by atoms with Crippen molar-refractivity contribution < 1.29 is 14.3 Å². The molecule has 1 unspecified atom stereocenters. The van der Waals surface area contributed by atoms with E-state index in [1.807, 2.05) is 12.1 Å². The zero-order chi connectivity index (χ0) is 17.6. The van der Waals surface area contributed by atoms with Gasteiger partial charge in [0.2, 0.25) is 0 Å². The Kier molecular flexibility index (Phi) is 3.88. The lowest BCUT2D eigenvalue weighted by Gasteiger charge is -2.20. The second-order valence-electron chi connectivity index (χ2n) is 6.77. The van der Waals surface area contributed by atoms with Crippen LogP contribution in [0.4, 0.5) is 10.5 Å². The van der Waals surface area contributed by atoms with Crippen LogP contribution in [0.1, 0.15) is 16.7 Å². The quantitative estimate of drug-likeness (QED) is 0.933. The van der Waals surface area contributed by atoms with Crippen LogP contribution in [-0.4, -0.2) is 31.9 Å². The molecule has 5 nitrogen and oxygen atoms in total. The molecule has 0 aromatic heterocycles. The third-order valence-corrected chi connectivity index (χ3v) is 4.80. The maximum absolute atomic E-state index is 12.1. The van der Waals surface area contributed by atoms with Crippen molar-refractivity contribution in [1.82, 2.24) is 0 Å². The molecule has 1 fully saturated rings. The summed E-state index contributed by atoms with van der Waals surface area (Å²) in [5.41, 5.74) is 12.2. The molecule has 0 bridgehead atoms. The van der Waals surface area contributed by atoms with E-state index in [0.29, 0.717) is 19.7 Å². The summed E-state index contributed by atoms with van der Waals surface area (Å²) in [6.45, 7) is 5.61. The summed E-state index contributed by atoms with van der Waals surface area (Å²) in [5.74, 6) is 0.889. The number of carbonyl (C=O) groups excluding carboxylic acids is 1. The van der Waals surface area contributed by atoms with Crippen molar-refractivity contribution in [2.45, 2.75) is 26.4 Å². The Morgan fingerprint density at radius 2 is 1.96 bits per heavy atom. The molecule has 4 rings (SSSR count). The molecular weight excluding hydrogens is 316 g/mol. The van der Waals surface area contributed by atoms with Gasteiger partial charge >= 0.3 is 6.09 Å². The molecule has 0 aliphatic carbocycles. The van der Waals surface area contributed by atoms with Crippen molar-refractivity contribution in [3.63, 3.8) is 0 Å². The summed E-state index contributed by atoms with van der Waals surface area (Å²) in [6, 6.07) is 10.4. The number of nitrogens with zero attached hydrogens (tertiary/aromatic N) is 1. The van der Waals surface area contributed by atoms with E-state index >= 15 is 0 Å². The monoisotopic (exact) mass is 338 g/mol. The van der Waals surface area contributed by atoms with E-state index in [0.717, 1.165) is 34.5 Å². The first-order valence-corrected chi connectivity index (χ1v) is 8.62. The Bertz CT molecular complexity index is 847. The van der Waals surface area contributed by atoms with E-state index in [1.165, 1.54) is 11.1 Å². The molecule has 2 aromatic carbocycles. The predicted molar refractivity (Wildman–Crippen MR) is 97.2 cm³/mol. The van der Waals surface area contributed by atoms with Crippen molar-refractivity contribution in [2.24, 2.45) is 5.73 Å². The Labute approximate surface area is 147 Å². The van der Waals surface area contributed by atoms with Crippen molar-refractivity contribution in [1.29, 1.82) is 0 Å². The molecule has 0 saturated carbocycles. The maximum Gasteiger partial charge on any atom is 0.414 e. The van der Waals surface area contributed by atoms with Crippen molar-refractivity contribution in [3.05, 3.63) is 47.0 Å². The largest absolute Gasteiger partial charge is 0.488 e. The highest BCUT2D eigenvalue weighted by Gasteiger charge is 2.30. The molecule has 1 amide bonds. The van der Waals surface area contributed by atoms with Gasteiger partial charge in [0.15, 0.2) is 0 Å². The van der Waals surface area contributed by atoms with Crippen molar-refractivity contribution in [2.75, 3.05) is 24.6 Å². The van der Waals surface area contributed by atoms with Gasteiger partial charge in [0.1, 0.15) is 18.5 Å². The van der Waals surface area contributed by atoms with Crippen LogP contribution in [0.3, 0.4) is 0 Å². The first-order chi connectivity index (χ1) is 12.1. The van der Waals surface area contributed by atoms with Gasteiger partial charge in [0.25, 0.3) is 0 Å². The lowest BCUT2D eigenvalue weighted by atomic mass is 9.95. The fraction of sp³-hybridized carbons (Fsp3) is 0.350. The van der Waals surface area contributed by atoms with Gasteiger partial charge in [-0.05, 0) is 43.2 Å². The highest BCUT2D eigenvalue weighted by molar-refractivity contribution is 5.96. The zero-order valence-electron chi connectivity index (χ0n) is 14.5. The number of carbonyl (C=O) groups is 1. The minimum atomic E-state index is -0.296. The number of hydrogen-bond donors (Lipinski definition) is 1. The number of hydrogen-bond acceptors (Lipinski definition) is 4. The summed E-state index contributed by atoms with van der Waals surface area (Å²) in [6.07, 6.45) is 0.545. The minimum absolute atomic E-state index is 0.0144. The number of nitrogens with two attached hydrogens (primary N) is 1. The van der Waals surface area contributed by atoms with Crippen LogP contribution >= 0.6 is 0 Å². The van der Waals surface area contributed by atoms with E-state index in [4.69, 9.17) is 15.2 Å². The summed E-state index contributed by atoms with van der Waals surface area (Å²) < 4.78 is 11.3. The van der Waals surface area contributed by atoms with Crippen molar-refractivity contribution in [3.8, 4) is 16.9 Å². The first kappa shape index (κ1) is 16.0. The fourth-order valence-corrected chi connectivity index (χ4v) is 3.64. The zero-order valence-corrected chi connectivity index (χ0v) is 14.5. The molecule has 1 atom stereocenters. The highest BCUT2D eigenvalue weighted by Crippen LogP contribution is 2.44. The van der Waals surface area contributed by atoms with Crippen LogP contribution in [0.25, 0.3) is 11.1 Å². The number of anilines is 1. The van der Waals surface area contributed by atoms with Crippen LogP contribution < -0.4 is 15.4 Å². The molecule has 2 aliphatic rings. The van der Waals surface area contributed by atoms with E-state index in [1.54, 1.807) is 4.90 Å². The van der Waals surface area contributed by atoms with Gasteiger partial charge in [0, 0.05) is 24.1 Å². The SMILES string of the molecule is Cc1ccc(N2CCOC2=O)c(-c2cc(C)cc3c2OC(CN)C3)c1. The van der Waals surface area contributed by atoms with Crippen LogP contribution in [0.15, 0.2) is 30.3 Å². The Morgan fingerprint density at radius 3 is 2.68 bits per heavy atom. The summed E-state index contributed by atoms with van der Waals surface area (Å²) >= 11 is 0. The standard InChI is InChI=1S/C20H22N2O3/c1-12-3-4-18(22-5-6-24-20(22)23)16(8-12)17-9-13(2)7-14-10-15(11-21)25-19(14)17/h3-4,7-9,15H,5-6,10-11,21H2,1-2H3. The van der Waals surface area contributed by atoms with E-state index < -0.39 is 0 Å². The van der Waals surface area contributed by atoms with Crippen molar-refractivity contribution >= 4 is 11.8 Å². The average Bonchev–Trinajstić information content (AvgIpc) is 3.19. The molecule has 5 heteroatoms. The van der Waals surface area contributed by atoms with Crippen LogP contribution in [0.5, 0.6) is 5.75 Å². The number of rotatable bonds is 3. The Hall–Kier alpha value is -2.53. The molecule has 0 radical (unpaired) electrons. The van der Waals surface area contributed by atoms with Gasteiger partial charge in [-0.1, -0.05) is 17.7 Å². The lowest BCUT2D eigenvalue weighted by molar-refractivity contribution is 0.181. The number of benzene rings is 2. The molecule has 2 aromatic rings. The third-order valence-electron chi connectivity index (χ3n) is 4.80. The summed E-state index contributed by atoms with van der Waals surface area (Å²) in [4.78, 5) is 13.8. The van der Waals surface area contributed by atoms with E-state index in [-0.39, 0.29) is 12.2 Å². The van der Waals surface area contributed by atoms with Gasteiger partial charge in [0.05, 0.1) is 12.2 Å². The molecule has 2 N–H and O–H groups in total. The third kappa shape index (κ3) is 2.74. The van der Waals surface area contributed by atoms with Crippen LogP contribution in [0, 0.1) is 13.8 Å². The topological polar surface area (TPSA) is 64.8 Å². The Morgan fingerprint density at radius 1 is 1.16 bits per heavy atom. The Balaban J connectivity index is 1.89. The van der Waals surface area contributed by atoms with Crippen LogP contribution in [-0.2, 0) is 11.2 Å². The molecule has 2 heterocycles. The summed E-state index contributed by atoms with van der Waals surface area (Å²) in [7, 11) is 0. The predicted octanol–water partition coefficient (Wildman–Crippen LogP) is 3.19. The second-order valence-corrected chi connectivity index (χ2v) is 6.77.